The van der Waals surface area contributed by atoms with Gasteiger partial charge in [0.05, 0.1) is 5.92 Å². The molecule has 3 aliphatic rings. The number of likely N-dealkylation sites (tertiary alicyclic amines) is 1. The first-order valence-electron chi connectivity index (χ1n) is 4.87. The molecule has 15 heavy (non-hydrogen) atoms. The Hall–Kier alpha value is -0.160. The van der Waals surface area contributed by atoms with Gasteiger partial charge in [0.1, 0.15) is 0 Å². The van der Waals surface area contributed by atoms with Crippen LogP contribution in [0, 0.1) is 11.8 Å². The zero-order valence-electron chi connectivity index (χ0n) is 8.04. The molecule has 0 spiro atoms. The number of carbonyl (C=O) groups excluding carboxylic acids is 2. The van der Waals surface area contributed by atoms with Gasteiger partial charge in [-0.05, 0) is 17.9 Å². The van der Waals surface area contributed by atoms with Crippen LogP contribution in [-0.2, 0) is 9.59 Å². The molecule has 80 valence electrons. The molecule has 4 unspecified atom stereocenters. The van der Waals surface area contributed by atoms with E-state index in [4.69, 9.17) is 0 Å². The average molecular weight is 335 g/mol. The van der Waals surface area contributed by atoms with Crippen LogP contribution >= 0.6 is 31.9 Å². The third kappa shape index (κ3) is 1.01. The second-order valence-corrected chi connectivity index (χ2v) is 6.38. The lowest BCUT2D eigenvalue weighted by Gasteiger charge is -2.22. The van der Waals surface area contributed by atoms with Gasteiger partial charge in [-0.3, -0.25) is 14.5 Å². The van der Waals surface area contributed by atoms with Crippen molar-refractivity contribution in [1.29, 1.82) is 0 Å². The Morgan fingerprint density at radius 3 is 2.67 bits per heavy atom. The molecule has 0 aromatic rings. The highest BCUT2D eigenvalue weighted by molar-refractivity contribution is 9.12. The van der Waals surface area contributed by atoms with Crippen LogP contribution < -0.4 is 0 Å². The Labute approximate surface area is 104 Å². The second-order valence-electron chi connectivity index (χ2n) is 4.33. The van der Waals surface area contributed by atoms with Crippen LogP contribution in [0.2, 0.25) is 0 Å². The van der Waals surface area contributed by atoms with Crippen LogP contribution in [0.4, 0.5) is 0 Å². The standard InChI is InChI=1S/C10H9Br2NO2/c1-13-9(14)5-3-2-4(6(5)10(13)15)8(12)7(3)11/h3,5,7-8H,2H2,1H3. The molecule has 0 radical (unpaired) electrons. The summed E-state index contributed by atoms with van der Waals surface area (Å²) in [5.74, 6) is -0.0262. The maximum atomic E-state index is 11.9. The maximum absolute atomic E-state index is 11.9. The molecule has 1 saturated carbocycles. The van der Waals surface area contributed by atoms with Gasteiger partial charge < -0.3 is 0 Å². The largest absolute Gasteiger partial charge is 0.281 e. The SMILES string of the molecule is CN1C(=O)C2=C3CC(C2C1=O)C(Br)C3Br. The summed E-state index contributed by atoms with van der Waals surface area (Å²) in [5.41, 5.74) is 1.90. The molecule has 2 aliphatic carbocycles. The van der Waals surface area contributed by atoms with Gasteiger partial charge in [0, 0.05) is 22.3 Å². The van der Waals surface area contributed by atoms with E-state index in [-0.39, 0.29) is 33.3 Å². The number of likely N-dealkylation sites (N-methyl/N-ethyl adjacent to an activating group) is 1. The molecule has 1 heterocycles. The van der Waals surface area contributed by atoms with E-state index < -0.39 is 0 Å². The molecule has 3 rings (SSSR count). The van der Waals surface area contributed by atoms with E-state index in [0.717, 1.165) is 17.6 Å². The van der Waals surface area contributed by atoms with Gasteiger partial charge in [-0.1, -0.05) is 31.9 Å². The highest BCUT2D eigenvalue weighted by atomic mass is 79.9. The van der Waals surface area contributed by atoms with Crippen molar-refractivity contribution in [2.75, 3.05) is 7.05 Å². The zero-order chi connectivity index (χ0) is 10.9. The number of rotatable bonds is 0. The lowest BCUT2D eigenvalue weighted by Crippen LogP contribution is -2.31. The minimum Gasteiger partial charge on any atom is -0.281 e. The van der Waals surface area contributed by atoms with Crippen LogP contribution in [0.25, 0.3) is 0 Å². The number of hydrogen-bond acceptors (Lipinski definition) is 2. The van der Waals surface area contributed by atoms with Crippen LogP contribution in [0.5, 0.6) is 0 Å². The van der Waals surface area contributed by atoms with Gasteiger partial charge in [-0.25, -0.2) is 0 Å². The lowest BCUT2D eigenvalue weighted by atomic mass is 9.88. The van der Waals surface area contributed by atoms with Crippen molar-refractivity contribution in [1.82, 2.24) is 4.90 Å². The summed E-state index contributed by atoms with van der Waals surface area (Å²) in [6.07, 6.45) is 0.886. The molecule has 0 aromatic carbocycles. The van der Waals surface area contributed by atoms with E-state index in [2.05, 4.69) is 31.9 Å². The number of alkyl halides is 2. The maximum Gasteiger partial charge on any atom is 0.256 e. The number of imide groups is 1. The third-order valence-corrected chi connectivity index (χ3v) is 6.73. The third-order valence-electron chi connectivity index (χ3n) is 3.69. The van der Waals surface area contributed by atoms with E-state index in [1.807, 2.05) is 0 Å². The van der Waals surface area contributed by atoms with Crippen molar-refractivity contribution >= 4 is 43.7 Å². The van der Waals surface area contributed by atoms with Crippen LogP contribution in [0.15, 0.2) is 11.1 Å². The van der Waals surface area contributed by atoms with E-state index in [1.54, 1.807) is 7.05 Å². The Kier molecular flexibility index (Phi) is 1.97. The predicted octanol–water partition coefficient (Wildman–Crippen LogP) is 1.46. The zero-order valence-corrected chi connectivity index (χ0v) is 11.2. The fraction of sp³-hybridized carbons (Fsp3) is 0.600. The van der Waals surface area contributed by atoms with Gasteiger partial charge >= 0.3 is 0 Å². The van der Waals surface area contributed by atoms with Crippen molar-refractivity contribution < 1.29 is 9.59 Å². The summed E-state index contributed by atoms with van der Waals surface area (Å²) in [4.78, 5) is 25.5. The summed E-state index contributed by atoms with van der Waals surface area (Å²) in [6.45, 7) is 0. The minimum atomic E-state index is -0.171. The number of fused-ring (bicyclic) bond motifs is 4. The summed E-state index contributed by atoms with van der Waals surface area (Å²) in [5, 5.41) is 0. The van der Waals surface area contributed by atoms with Crippen molar-refractivity contribution in [3.05, 3.63) is 11.1 Å². The Bertz CT molecular complexity index is 418. The smallest absolute Gasteiger partial charge is 0.256 e. The first kappa shape index (κ1) is 10.0. The fourth-order valence-electron chi connectivity index (χ4n) is 2.93. The van der Waals surface area contributed by atoms with Crippen molar-refractivity contribution in [2.24, 2.45) is 11.8 Å². The van der Waals surface area contributed by atoms with E-state index in [0.29, 0.717) is 0 Å². The number of halogens is 2. The van der Waals surface area contributed by atoms with E-state index in [1.165, 1.54) is 4.90 Å². The van der Waals surface area contributed by atoms with Gasteiger partial charge in [-0.15, -0.1) is 0 Å². The lowest BCUT2D eigenvalue weighted by molar-refractivity contribution is -0.137. The van der Waals surface area contributed by atoms with Gasteiger partial charge in [-0.2, -0.15) is 0 Å². The molecule has 1 saturated heterocycles. The Morgan fingerprint density at radius 2 is 2.00 bits per heavy atom. The summed E-state index contributed by atoms with van der Waals surface area (Å²) >= 11 is 7.18. The van der Waals surface area contributed by atoms with Crippen molar-refractivity contribution in [3.63, 3.8) is 0 Å². The molecule has 5 heteroatoms. The molecular weight excluding hydrogens is 326 g/mol. The number of carbonyl (C=O) groups is 2. The first-order valence-corrected chi connectivity index (χ1v) is 6.70. The molecule has 2 fully saturated rings. The predicted molar refractivity (Wildman–Crippen MR) is 61.8 cm³/mol. The summed E-state index contributed by atoms with van der Waals surface area (Å²) in [7, 11) is 1.57. The van der Waals surface area contributed by atoms with Crippen molar-refractivity contribution in [3.8, 4) is 0 Å². The number of hydrogen-bond donors (Lipinski definition) is 0. The van der Waals surface area contributed by atoms with Crippen molar-refractivity contribution in [2.45, 2.75) is 16.1 Å². The van der Waals surface area contributed by atoms with Gasteiger partial charge in [0.25, 0.3) is 5.91 Å². The summed E-state index contributed by atoms with van der Waals surface area (Å²) in [6, 6.07) is 0. The molecule has 4 atom stereocenters. The Balaban J connectivity index is 2.17. The number of allylic oxidation sites excluding steroid dienone is 1. The van der Waals surface area contributed by atoms with Crippen LogP contribution in [0.1, 0.15) is 6.42 Å². The molecule has 2 amide bonds. The summed E-state index contributed by atoms with van der Waals surface area (Å²) < 4.78 is 0. The Morgan fingerprint density at radius 1 is 1.33 bits per heavy atom. The van der Waals surface area contributed by atoms with E-state index >= 15 is 0 Å². The van der Waals surface area contributed by atoms with Gasteiger partial charge in [0.2, 0.25) is 5.91 Å². The molecule has 1 aliphatic heterocycles. The average Bonchev–Trinajstić information content (AvgIpc) is 2.79. The first-order chi connectivity index (χ1) is 7.04. The molecular formula is C10H9Br2NO2. The molecule has 0 N–H and O–H groups in total. The number of amides is 2. The molecule has 2 bridgehead atoms. The van der Waals surface area contributed by atoms with Gasteiger partial charge in [0.15, 0.2) is 0 Å². The molecule has 0 aromatic heterocycles. The normalized spacial score (nSPS) is 43.3. The topological polar surface area (TPSA) is 37.4 Å². The van der Waals surface area contributed by atoms with Crippen LogP contribution in [-0.4, -0.2) is 33.4 Å². The molecule has 3 nitrogen and oxygen atoms in total. The quantitative estimate of drug-likeness (QED) is 0.497. The minimum absolute atomic E-state index is 0.0288. The van der Waals surface area contributed by atoms with Crippen LogP contribution in [0.3, 0.4) is 0 Å². The second kappa shape index (κ2) is 2.94. The van der Waals surface area contributed by atoms with E-state index in [9.17, 15) is 9.59 Å². The fourth-order valence-corrected chi connectivity index (χ4v) is 4.57. The highest BCUT2D eigenvalue weighted by Crippen LogP contribution is 2.56. The monoisotopic (exact) mass is 333 g/mol. The highest BCUT2D eigenvalue weighted by Gasteiger charge is 2.58. The number of nitrogens with zero attached hydrogens (tertiary/aromatic N) is 1.